The highest BCUT2D eigenvalue weighted by atomic mass is 16.6. The van der Waals surface area contributed by atoms with Crippen molar-refractivity contribution in [3.8, 4) is 17.7 Å². The molecule has 0 aliphatic heterocycles. The summed E-state index contributed by atoms with van der Waals surface area (Å²) in [5.74, 6) is 4.68. The third kappa shape index (κ3) is 3.42. The predicted octanol–water partition coefficient (Wildman–Crippen LogP) is 1.22. The molecule has 0 bridgehead atoms. The largest absolute Gasteiger partial charge is 0.476 e. The van der Waals surface area contributed by atoms with Crippen molar-refractivity contribution >= 4 is 11.7 Å². The van der Waals surface area contributed by atoms with Gasteiger partial charge in [-0.05, 0) is 6.92 Å². The van der Waals surface area contributed by atoms with Crippen molar-refractivity contribution in [2.45, 2.75) is 13.3 Å². The summed E-state index contributed by atoms with van der Waals surface area (Å²) in [6.07, 6.45) is 1.28. The molecular formula is C12H12N2O5. The van der Waals surface area contributed by atoms with E-state index in [1.54, 1.807) is 6.92 Å². The van der Waals surface area contributed by atoms with Crippen molar-refractivity contribution in [2.24, 2.45) is 0 Å². The zero-order valence-electron chi connectivity index (χ0n) is 10.7. The van der Waals surface area contributed by atoms with Gasteiger partial charge < -0.3 is 9.47 Å². The monoisotopic (exact) mass is 264 g/mol. The molecule has 0 aliphatic carbocycles. The Balaban J connectivity index is 3.14. The SMILES string of the molecule is COC(=O)CC#Cc1cnc(OC)c([N+](=O)[O-])c1C. The summed E-state index contributed by atoms with van der Waals surface area (Å²) in [5.41, 5.74) is 0.484. The van der Waals surface area contributed by atoms with Crippen molar-refractivity contribution in [2.75, 3.05) is 14.2 Å². The number of esters is 1. The number of ether oxygens (including phenoxy) is 2. The molecule has 0 N–H and O–H groups in total. The molecule has 0 amide bonds. The zero-order chi connectivity index (χ0) is 14.4. The number of methoxy groups -OCH3 is 2. The van der Waals surface area contributed by atoms with Gasteiger partial charge in [0.05, 0.1) is 24.7 Å². The minimum absolute atomic E-state index is 0.0685. The standard InChI is InChI=1S/C12H12N2O5/c1-8-9(5-4-6-10(15)18-2)7-13-12(19-3)11(8)14(16)17/h7H,6H2,1-3H3. The van der Waals surface area contributed by atoms with Crippen molar-refractivity contribution in [1.29, 1.82) is 0 Å². The van der Waals surface area contributed by atoms with Gasteiger partial charge in [0.2, 0.25) is 0 Å². The van der Waals surface area contributed by atoms with E-state index in [0.29, 0.717) is 11.1 Å². The van der Waals surface area contributed by atoms with Gasteiger partial charge in [0.1, 0.15) is 6.42 Å². The number of carbonyl (C=O) groups is 1. The van der Waals surface area contributed by atoms with Gasteiger partial charge in [0, 0.05) is 11.8 Å². The summed E-state index contributed by atoms with van der Waals surface area (Å²) in [6.45, 7) is 1.55. The molecule has 0 spiro atoms. The highest BCUT2D eigenvalue weighted by Crippen LogP contribution is 2.29. The Morgan fingerprint density at radius 2 is 2.21 bits per heavy atom. The smallest absolute Gasteiger partial charge is 0.335 e. The molecule has 1 aromatic rings. The van der Waals surface area contributed by atoms with Crippen LogP contribution >= 0.6 is 0 Å². The average Bonchev–Trinajstić information content (AvgIpc) is 2.39. The van der Waals surface area contributed by atoms with Crippen LogP contribution in [0, 0.1) is 28.9 Å². The Kier molecular flexibility index (Phi) is 4.83. The topological polar surface area (TPSA) is 91.6 Å². The van der Waals surface area contributed by atoms with E-state index in [-0.39, 0.29) is 18.0 Å². The number of rotatable bonds is 3. The van der Waals surface area contributed by atoms with Gasteiger partial charge in [-0.25, -0.2) is 4.98 Å². The van der Waals surface area contributed by atoms with Gasteiger partial charge in [-0.3, -0.25) is 14.9 Å². The molecule has 0 aromatic carbocycles. The van der Waals surface area contributed by atoms with Gasteiger partial charge >= 0.3 is 11.7 Å². The van der Waals surface area contributed by atoms with E-state index in [2.05, 4.69) is 21.6 Å². The maximum Gasteiger partial charge on any atom is 0.335 e. The first kappa shape index (κ1) is 14.4. The summed E-state index contributed by atoms with van der Waals surface area (Å²) in [7, 11) is 2.56. The molecule has 0 saturated carbocycles. The first-order valence-corrected chi connectivity index (χ1v) is 5.25. The van der Waals surface area contributed by atoms with E-state index in [1.807, 2.05) is 0 Å². The number of hydrogen-bond acceptors (Lipinski definition) is 6. The summed E-state index contributed by atoms with van der Waals surface area (Å²) >= 11 is 0. The first-order valence-electron chi connectivity index (χ1n) is 5.25. The minimum atomic E-state index is -0.577. The van der Waals surface area contributed by atoms with Crippen molar-refractivity contribution in [3.05, 3.63) is 27.4 Å². The third-order valence-corrected chi connectivity index (χ3v) is 2.33. The van der Waals surface area contributed by atoms with E-state index in [0.717, 1.165) is 0 Å². The van der Waals surface area contributed by atoms with Crippen LogP contribution in [0.4, 0.5) is 5.69 Å². The summed E-state index contributed by atoms with van der Waals surface area (Å²) in [5, 5.41) is 10.9. The van der Waals surface area contributed by atoms with E-state index >= 15 is 0 Å². The van der Waals surface area contributed by atoms with Crippen LogP contribution in [-0.2, 0) is 9.53 Å². The van der Waals surface area contributed by atoms with Gasteiger partial charge in [-0.1, -0.05) is 11.8 Å². The molecule has 0 unspecified atom stereocenters. The molecule has 1 aromatic heterocycles. The first-order chi connectivity index (χ1) is 9.01. The number of aromatic nitrogens is 1. The van der Waals surface area contributed by atoms with E-state index in [9.17, 15) is 14.9 Å². The van der Waals surface area contributed by atoms with Crippen molar-refractivity contribution < 1.29 is 19.2 Å². The molecule has 0 aliphatic rings. The molecule has 100 valence electrons. The number of nitro groups is 1. The van der Waals surface area contributed by atoms with Crippen LogP contribution in [0.25, 0.3) is 0 Å². The molecule has 1 rings (SSSR count). The number of nitrogens with zero attached hydrogens (tertiary/aromatic N) is 2. The van der Waals surface area contributed by atoms with Gasteiger partial charge in [-0.15, -0.1) is 0 Å². The summed E-state index contributed by atoms with van der Waals surface area (Å²) in [4.78, 5) is 25.1. The highest BCUT2D eigenvalue weighted by molar-refractivity contribution is 5.72. The van der Waals surface area contributed by atoms with Crippen LogP contribution in [0.1, 0.15) is 17.5 Å². The Bertz CT molecular complexity index is 571. The molecule has 0 saturated heterocycles. The summed E-state index contributed by atoms with van der Waals surface area (Å²) in [6, 6.07) is 0. The zero-order valence-corrected chi connectivity index (χ0v) is 10.7. The average molecular weight is 264 g/mol. The normalized spacial score (nSPS) is 9.21. The Labute approximate surface area is 109 Å². The van der Waals surface area contributed by atoms with Crippen LogP contribution in [0.3, 0.4) is 0 Å². The lowest BCUT2D eigenvalue weighted by molar-refractivity contribution is -0.386. The van der Waals surface area contributed by atoms with Gasteiger partial charge in [0.25, 0.3) is 5.88 Å². The number of hydrogen-bond donors (Lipinski definition) is 0. The van der Waals surface area contributed by atoms with E-state index < -0.39 is 10.9 Å². The third-order valence-electron chi connectivity index (χ3n) is 2.33. The molecule has 0 atom stereocenters. The van der Waals surface area contributed by atoms with E-state index in [1.165, 1.54) is 20.4 Å². The van der Waals surface area contributed by atoms with Crippen LogP contribution in [0.5, 0.6) is 5.88 Å². The van der Waals surface area contributed by atoms with Crippen LogP contribution in [0.2, 0.25) is 0 Å². The lowest BCUT2D eigenvalue weighted by Crippen LogP contribution is -2.01. The fourth-order valence-corrected chi connectivity index (χ4v) is 1.34. The van der Waals surface area contributed by atoms with Crippen LogP contribution in [0.15, 0.2) is 6.20 Å². The lowest BCUT2D eigenvalue weighted by atomic mass is 10.1. The van der Waals surface area contributed by atoms with Gasteiger partial charge in [-0.2, -0.15) is 0 Å². The predicted molar refractivity (Wildman–Crippen MR) is 65.7 cm³/mol. The minimum Gasteiger partial charge on any atom is -0.476 e. The molecule has 0 radical (unpaired) electrons. The number of carbonyl (C=O) groups excluding carboxylic acids is 1. The molecule has 19 heavy (non-hydrogen) atoms. The molecule has 1 heterocycles. The molecule has 0 fully saturated rings. The van der Waals surface area contributed by atoms with Gasteiger partial charge in [0.15, 0.2) is 0 Å². The quantitative estimate of drug-likeness (QED) is 0.353. The molecule has 7 nitrogen and oxygen atoms in total. The fraction of sp³-hybridized carbons (Fsp3) is 0.333. The van der Waals surface area contributed by atoms with Crippen LogP contribution < -0.4 is 4.74 Å². The highest BCUT2D eigenvalue weighted by Gasteiger charge is 2.21. The van der Waals surface area contributed by atoms with E-state index in [4.69, 9.17) is 4.74 Å². The Morgan fingerprint density at radius 1 is 1.53 bits per heavy atom. The molecular weight excluding hydrogens is 252 g/mol. The second-order valence-electron chi connectivity index (χ2n) is 3.47. The fourth-order valence-electron chi connectivity index (χ4n) is 1.34. The maximum atomic E-state index is 10.9. The summed E-state index contributed by atoms with van der Waals surface area (Å²) < 4.78 is 9.26. The van der Waals surface area contributed by atoms with Crippen molar-refractivity contribution in [1.82, 2.24) is 4.98 Å². The molecule has 7 heteroatoms. The number of pyridine rings is 1. The lowest BCUT2D eigenvalue weighted by Gasteiger charge is -2.04. The van der Waals surface area contributed by atoms with Crippen molar-refractivity contribution in [3.63, 3.8) is 0 Å². The maximum absolute atomic E-state index is 10.9. The second kappa shape index (κ2) is 6.35. The second-order valence-corrected chi connectivity index (χ2v) is 3.47. The Hall–Kier alpha value is -2.62. The van der Waals surface area contributed by atoms with Crippen LogP contribution in [-0.4, -0.2) is 30.1 Å². The Morgan fingerprint density at radius 3 is 2.74 bits per heavy atom.